The summed E-state index contributed by atoms with van der Waals surface area (Å²) in [7, 11) is 0. The summed E-state index contributed by atoms with van der Waals surface area (Å²) < 4.78 is 38.6. The molecule has 32 heavy (non-hydrogen) atoms. The van der Waals surface area contributed by atoms with Gasteiger partial charge in [-0.25, -0.2) is 15.0 Å². The molecule has 2 amide bonds. The van der Waals surface area contributed by atoms with E-state index < -0.39 is 17.6 Å². The van der Waals surface area contributed by atoms with Gasteiger partial charge in [0.1, 0.15) is 11.5 Å². The van der Waals surface area contributed by atoms with Gasteiger partial charge >= 0.3 is 6.18 Å². The van der Waals surface area contributed by atoms with Gasteiger partial charge < -0.3 is 10.2 Å². The molecule has 12 heteroatoms. The Bertz CT molecular complexity index is 1000. The van der Waals surface area contributed by atoms with Gasteiger partial charge in [0, 0.05) is 37.4 Å². The summed E-state index contributed by atoms with van der Waals surface area (Å²) in [6.45, 7) is 4.31. The lowest BCUT2D eigenvalue weighted by molar-refractivity contribution is -0.137. The molecule has 0 saturated carbocycles. The van der Waals surface area contributed by atoms with Crippen LogP contribution in [-0.4, -0.2) is 45.9 Å². The molecule has 0 spiro atoms. The Morgan fingerprint density at radius 2 is 2.03 bits per heavy atom. The monoisotopic (exact) mass is 470 g/mol. The molecule has 0 aliphatic carbocycles. The molecular formula is C20H22ClF3N6O2. The van der Waals surface area contributed by atoms with Crippen molar-refractivity contribution >= 4 is 35.2 Å². The molecule has 3 heterocycles. The number of hydrogen-bond acceptors (Lipinski definition) is 6. The third-order valence-electron chi connectivity index (χ3n) is 4.85. The number of carbonyl (C=O) groups is 2. The van der Waals surface area contributed by atoms with Crippen LogP contribution in [0.1, 0.15) is 42.7 Å². The predicted octanol–water partition coefficient (Wildman–Crippen LogP) is 3.54. The van der Waals surface area contributed by atoms with Crippen LogP contribution in [0.4, 0.5) is 24.9 Å². The molecule has 0 aromatic carbocycles. The first kappa shape index (κ1) is 23.7. The van der Waals surface area contributed by atoms with E-state index in [1.54, 1.807) is 18.7 Å². The highest BCUT2D eigenvalue weighted by Crippen LogP contribution is 2.34. The summed E-state index contributed by atoms with van der Waals surface area (Å²) in [6.07, 6.45) is -1.06. The Labute approximate surface area is 187 Å². The number of rotatable bonds is 5. The van der Waals surface area contributed by atoms with Crippen molar-refractivity contribution in [3.8, 4) is 0 Å². The van der Waals surface area contributed by atoms with Gasteiger partial charge in [0.05, 0.1) is 10.6 Å². The quantitative estimate of drug-likeness (QED) is 0.693. The van der Waals surface area contributed by atoms with E-state index in [1.165, 1.54) is 12.3 Å². The number of alkyl halides is 3. The topological polar surface area (TPSA) is 100 Å². The van der Waals surface area contributed by atoms with Crippen molar-refractivity contribution in [1.82, 2.24) is 20.3 Å². The van der Waals surface area contributed by atoms with Crippen LogP contribution in [0.25, 0.3) is 0 Å². The minimum atomic E-state index is -4.53. The average molecular weight is 471 g/mol. The highest BCUT2D eigenvalue weighted by molar-refractivity contribution is 6.33. The lowest BCUT2D eigenvalue weighted by Crippen LogP contribution is -2.48. The molecule has 1 atom stereocenters. The van der Waals surface area contributed by atoms with Gasteiger partial charge in [-0.2, -0.15) is 13.2 Å². The zero-order valence-electron chi connectivity index (χ0n) is 17.4. The third-order valence-corrected chi connectivity index (χ3v) is 5.13. The number of anilines is 2. The summed E-state index contributed by atoms with van der Waals surface area (Å²) in [5.74, 6) is -0.728. The minimum Gasteiger partial charge on any atom is -0.353 e. The molecule has 1 aliphatic rings. The van der Waals surface area contributed by atoms with Crippen LogP contribution >= 0.6 is 11.6 Å². The first-order chi connectivity index (χ1) is 15.0. The standard InChI is InChI=1S/C20H22ClF3N6O2/c1-11(2)17(31)29-19-25-6-5-15(28-19)18(32)27-13-4-3-7-30(10-13)16-14(21)8-12(9-26-16)20(22,23)24/h5-6,8-9,11,13H,3-4,7,10H2,1-2H3,(H,27,32)(H,25,28,29,31). The van der Waals surface area contributed by atoms with Crippen molar-refractivity contribution in [3.63, 3.8) is 0 Å². The number of pyridine rings is 1. The van der Waals surface area contributed by atoms with Crippen molar-refractivity contribution in [2.75, 3.05) is 23.3 Å². The van der Waals surface area contributed by atoms with Gasteiger partial charge in [0.2, 0.25) is 11.9 Å². The van der Waals surface area contributed by atoms with Gasteiger partial charge in [-0.15, -0.1) is 0 Å². The smallest absolute Gasteiger partial charge is 0.353 e. The second-order valence-electron chi connectivity index (χ2n) is 7.70. The number of nitrogens with one attached hydrogen (secondary N) is 2. The minimum absolute atomic E-state index is 0.0300. The molecule has 1 aliphatic heterocycles. The Morgan fingerprint density at radius 1 is 1.28 bits per heavy atom. The fraction of sp³-hybridized carbons (Fsp3) is 0.450. The maximum atomic E-state index is 12.9. The predicted molar refractivity (Wildman–Crippen MR) is 112 cm³/mol. The van der Waals surface area contributed by atoms with E-state index in [1.807, 2.05) is 0 Å². The number of piperidine rings is 1. The molecule has 2 aromatic rings. The molecule has 8 nitrogen and oxygen atoms in total. The molecule has 2 N–H and O–H groups in total. The maximum absolute atomic E-state index is 12.9. The van der Waals surface area contributed by atoms with E-state index >= 15 is 0 Å². The molecule has 1 saturated heterocycles. The summed E-state index contributed by atoms with van der Waals surface area (Å²) >= 11 is 6.06. The lowest BCUT2D eigenvalue weighted by Gasteiger charge is -2.34. The van der Waals surface area contributed by atoms with Crippen LogP contribution in [0.5, 0.6) is 0 Å². The fourth-order valence-corrected chi connectivity index (χ4v) is 3.45. The van der Waals surface area contributed by atoms with E-state index in [9.17, 15) is 22.8 Å². The highest BCUT2D eigenvalue weighted by Gasteiger charge is 2.32. The Hall–Kier alpha value is -2.95. The number of aromatic nitrogens is 3. The van der Waals surface area contributed by atoms with Crippen LogP contribution in [0, 0.1) is 5.92 Å². The highest BCUT2D eigenvalue weighted by atomic mass is 35.5. The SMILES string of the molecule is CC(C)C(=O)Nc1nccc(C(=O)NC2CCCN(c3ncc(C(F)(F)F)cc3Cl)C2)n1. The molecule has 3 rings (SSSR count). The van der Waals surface area contributed by atoms with Crippen LogP contribution < -0.4 is 15.5 Å². The summed E-state index contributed by atoms with van der Waals surface area (Å²) in [6, 6.07) is 1.98. The number of hydrogen-bond donors (Lipinski definition) is 2. The number of carbonyl (C=O) groups excluding carboxylic acids is 2. The van der Waals surface area contributed by atoms with Crippen LogP contribution in [0.15, 0.2) is 24.5 Å². The van der Waals surface area contributed by atoms with Crippen molar-refractivity contribution in [2.24, 2.45) is 5.92 Å². The zero-order valence-corrected chi connectivity index (χ0v) is 18.2. The van der Waals surface area contributed by atoms with Crippen molar-refractivity contribution < 1.29 is 22.8 Å². The summed E-state index contributed by atoms with van der Waals surface area (Å²) in [4.78, 5) is 38.1. The summed E-state index contributed by atoms with van der Waals surface area (Å²) in [5.41, 5.74) is -0.834. The largest absolute Gasteiger partial charge is 0.417 e. The number of halogens is 4. The second-order valence-corrected chi connectivity index (χ2v) is 8.10. The Balaban J connectivity index is 1.66. The van der Waals surface area contributed by atoms with E-state index in [0.717, 1.165) is 12.3 Å². The molecule has 172 valence electrons. The van der Waals surface area contributed by atoms with Crippen molar-refractivity contribution in [2.45, 2.75) is 38.9 Å². The molecule has 2 aromatic heterocycles. The average Bonchev–Trinajstić information content (AvgIpc) is 2.73. The molecular weight excluding hydrogens is 449 g/mol. The fourth-order valence-electron chi connectivity index (χ4n) is 3.17. The first-order valence-corrected chi connectivity index (χ1v) is 10.3. The zero-order chi connectivity index (χ0) is 23.5. The summed E-state index contributed by atoms with van der Waals surface area (Å²) in [5, 5.41) is 5.29. The van der Waals surface area contributed by atoms with Crippen LogP contribution in [0.2, 0.25) is 5.02 Å². The van der Waals surface area contributed by atoms with Crippen LogP contribution in [-0.2, 0) is 11.0 Å². The van der Waals surface area contributed by atoms with E-state index in [2.05, 4.69) is 25.6 Å². The molecule has 0 bridgehead atoms. The van der Waals surface area contributed by atoms with Gasteiger partial charge in [-0.3, -0.25) is 14.9 Å². The van der Waals surface area contributed by atoms with E-state index in [-0.39, 0.29) is 40.3 Å². The Kier molecular flexibility index (Phi) is 7.17. The number of nitrogens with zero attached hydrogens (tertiary/aromatic N) is 4. The maximum Gasteiger partial charge on any atom is 0.417 e. The van der Waals surface area contributed by atoms with Crippen LogP contribution in [0.3, 0.4) is 0 Å². The Morgan fingerprint density at radius 3 is 2.69 bits per heavy atom. The van der Waals surface area contributed by atoms with Gasteiger partial charge in [0.15, 0.2) is 0 Å². The van der Waals surface area contributed by atoms with Gasteiger partial charge in [0.25, 0.3) is 5.91 Å². The van der Waals surface area contributed by atoms with Gasteiger partial charge in [-0.1, -0.05) is 25.4 Å². The molecule has 0 radical (unpaired) electrons. The second kappa shape index (κ2) is 9.68. The molecule has 1 fully saturated rings. The van der Waals surface area contributed by atoms with Crippen molar-refractivity contribution in [3.05, 3.63) is 40.8 Å². The van der Waals surface area contributed by atoms with E-state index in [4.69, 9.17) is 11.6 Å². The van der Waals surface area contributed by atoms with Crippen molar-refractivity contribution in [1.29, 1.82) is 0 Å². The lowest BCUT2D eigenvalue weighted by atomic mass is 10.1. The first-order valence-electron chi connectivity index (χ1n) is 9.97. The normalized spacial score (nSPS) is 16.7. The van der Waals surface area contributed by atoms with Gasteiger partial charge in [-0.05, 0) is 25.0 Å². The van der Waals surface area contributed by atoms with E-state index in [0.29, 0.717) is 25.9 Å². The number of amides is 2. The molecule has 1 unspecified atom stereocenters. The third kappa shape index (κ3) is 5.84.